The molecule has 0 amide bonds. The van der Waals surface area contributed by atoms with Crippen molar-refractivity contribution in [2.45, 2.75) is 19.4 Å². The summed E-state index contributed by atoms with van der Waals surface area (Å²) in [7, 11) is 1.32. The van der Waals surface area contributed by atoms with Crippen molar-refractivity contribution in [3.05, 3.63) is 15.5 Å². The van der Waals surface area contributed by atoms with Gasteiger partial charge in [0.05, 0.1) is 10.7 Å². The van der Waals surface area contributed by atoms with E-state index in [-0.39, 0.29) is 0 Å². The van der Waals surface area contributed by atoms with Crippen molar-refractivity contribution in [3.63, 3.8) is 0 Å². The fourth-order valence-electron chi connectivity index (χ4n) is 1.06. The highest BCUT2D eigenvalue weighted by Gasteiger charge is 2.32. The van der Waals surface area contributed by atoms with E-state index in [4.69, 9.17) is 5.26 Å². The average Bonchev–Trinajstić information content (AvgIpc) is 2.58. The number of esters is 1. The molecule has 0 aliphatic rings. The quantitative estimate of drug-likeness (QED) is 0.608. The third kappa shape index (κ3) is 2.12. The summed E-state index contributed by atoms with van der Waals surface area (Å²) in [6, 6.07) is 1.95. The number of hydrogen-bond acceptors (Lipinski definition) is 4. The first-order valence-electron chi connectivity index (χ1n) is 4.17. The van der Waals surface area contributed by atoms with Crippen molar-refractivity contribution in [1.82, 2.24) is 9.78 Å². The van der Waals surface area contributed by atoms with E-state index in [0.29, 0.717) is 9.26 Å². The number of nitrogens with zero attached hydrogens (tertiary/aromatic N) is 3. The average molecular weight is 319 g/mol. The van der Waals surface area contributed by atoms with Crippen molar-refractivity contribution >= 4 is 28.6 Å². The van der Waals surface area contributed by atoms with Crippen LogP contribution in [0.3, 0.4) is 0 Å². The van der Waals surface area contributed by atoms with Crippen LogP contribution in [-0.4, -0.2) is 22.9 Å². The van der Waals surface area contributed by atoms with E-state index in [2.05, 4.69) is 9.84 Å². The minimum atomic E-state index is -0.899. The van der Waals surface area contributed by atoms with Gasteiger partial charge < -0.3 is 4.74 Å². The fourth-order valence-corrected chi connectivity index (χ4v) is 1.55. The van der Waals surface area contributed by atoms with Crippen LogP contribution in [0.4, 0.5) is 0 Å². The summed E-state index contributed by atoms with van der Waals surface area (Å²) in [6.45, 7) is 3.37. The molecule has 1 aromatic heterocycles. The van der Waals surface area contributed by atoms with Gasteiger partial charge in [0.2, 0.25) is 0 Å². The number of hydrogen-bond donors (Lipinski definition) is 0. The number of rotatable bonds is 2. The molecule has 5 nitrogen and oxygen atoms in total. The molecule has 0 N–H and O–H groups in total. The first kappa shape index (κ1) is 12.0. The lowest BCUT2D eigenvalue weighted by Crippen LogP contribution is -2.37. The first-order chi connectivity index (χ1) is 6.93. The van der Waals surface area contributed by atoms with Crippen LogP contribution < -0.4 is 0 Å². The summed E-state index contributed by atoms with van der Waals surface area (Å²) in [5, 5.41) is 12.8. The molecular weight excluding hydrogens is 309 g/mol. The third-order valence-corrected chi connectivity index (χ3v) is 2.82. The molecule has 0 unspecified atom stereocenters. The molecule has 0 aliphatic carbocycles. The molecule has 0 fully saturated rings. The zero-order chi connectivity index (χ0) is 11.6. The van der Waals surface area contributed by atoms with Crippen molar-refractivity contribution in [2.24, 2.45) is 0 Å². The monoisotopic (exact) mass is 319 g/mol. The number of methoxy groups -OCH3 is 1. The van der Waals surface area contributed by atoms with Crippen LogP contribution >= 0.6 is 22.6 Å². The number of aromatic nitrogens is 2. The molecule has 1 aromatic rings. The Balaban J connectivity index is 3.17. The molecule has 0 atom stereocenters. The second-order valence-electron chi connectivity index (χ2n) is 3.43. The largest absolute Gasteiger partial charge is 0.467 e. The predicted octanol–water partition coefficient (Wildman–Crippen LogP) is 1.27. The molecule has 1 heterocycles. The van der Waals surface area contributed by atoms with E-state index >= 15 is 0 Å². The minimum Gasteiger partial charge on any atom is -0.467 e. The van der Waals surface area contributed by atoms with Crippen molar-refractivity contribution in [2.75, 3.05) is 7.11 Å². The highest BCUT2D eigenvalue weighted by Crippen LogP contribution is 2.19. The zero-order valence-electron chi connectivity index (χ0n) is 8.61. The summed E-state index contributed by atoms with van der Waals surface area (Å²) in [5.41, 5.74) is -0.586. The first-order valence-corrected chi connectivity index (χ1v) is 5.25. The fraction of sp³-hybridized carbons (Fsp3) is 0.444. The van der Waals surface area contributed by atoms with Crippen LogP contribution in [-0.2, 0) is 15.1 Å². The molecule has 0 saturated carbocycles. The molecule has 0 saturated heterocycles. The van der Waals surface area contributed by atoms with Crippen LogP contribution in [0, 0.1) is 14.9 Å². The molecular formula is C9H10IN3O2. The Morgan fingerprint density at radius 2 is 2.33 bits per heavy atom. The Morgan fingerprint density at radius 3 is 2.73 bits per heavy atom. The van der Waals surface area contributed by atoms with Gasteiger partial charge in [-0.3, -0.25) is 4.68 Å². The lowest BCUT2D eigenvalue weighted by Gasteiger charge is -2.21. The Kier molecular flexibility index (Phi) is 3.34. The van der Waals surface area contributed by atoms with Gasteiger partial charge in [-0.1, -0.05) is 0 Å². The standard InChI is InChI=1S/C9H10IN3O2/c1-9(2,8(14)15-3)13-5-6(10)7(4-11)12-13/h5H,1-3H3. The topological polar surface area (TPSA) is 67.9 Å². The summed E-state index contributed by atoms with van der Waals surface area (Å²) in [5.74, 6) is -0.397. The van der Waals surface area contributed by atoms with Crippen LogP contribution in [0.2, 0.25) is 0 Å². The Morgan fingerprint density at radius 1 is 1.73 bits per heavy atom. The van der Waals surface area contributed by atoms with E-state index < -0.39 is 11.5 Å². The maximum absolute atomic E-state index is 11.5. The van der Waals surface area contributed by atoms with Gasteiger partial charge in [-0.2, -0.15) is 10.4 Å². The van der Waals surface area contributed by atoms with Gasteiger partial charge in [0.25, 0.3) is 0 Å². The highest BCUT2D eigenvalue weighted by atomic mass is 127. The smallest absolute Gasteiger partial charge is 0.333 e. The second-order valence-corrected chi connectivity index (χ2v) is 4.59. The van der Waals surface area contributed by atoms with E-state index in [1.807, 2.05) is 28.7 Å². The molecule has 0 radical (unpaired) electrons. The summed E-state index contributed by atoms with van der Waals surface area (Å²) >= 11 is 2.00. The van der Waals surface area contributed by atoms with E-state index in [1.165, 1.54) is 11.8 Å². The van der Waals surface area contributed by atoms with Crippen LogP contribution in [0.25, 0.3) is 0 Å². The van der Waals surface area contributed by atoms with Crippen LogP contribution in [0.15, 0.2) is 6.20 Å². The molecule has 0 bridgehead atoms. The highest BCUT2D eigenvalue weighted by molar-refractivity contribution is 14.1. The van der Waals surface area contributed by atoms with Crippen LogP contribution in [0.1, 0.15) is 19.5 Å². The van der Waals surface area contributed by atoms with Gasteiger partial charge in [-0.15, -0.1) is 0 Å². The summed E-state index contributed by atoms with van der Waals surface area (Å²) in [4.78, 5) is 11.5. The molecule has 1 rings (SSSR count). The number of ether oxygens (including phenoxy) is 1. The van der Waals surface area contributed by atoms with Crippen molar-refractivity contribution < 1.29 is 9.53 Å². The van der Waals surface area contributed by atoms with E-state index in [0.717, 1.165) is 0 Å². The lowest BCUT2D eigenvalue weighted by atomic mass is 10.1. The lowest BCUT2D eigenvalue weighted by molar-refractivity contribution is -0.150. The number of halogens is 1. The Hall–Kier alpha value is -1.10. The van der Waals surface area contributed by atoms with Gasteiger partial charge in [-0.05, 0) is 36.4 Å². The van der Waals surface area contributed by atoms with Gasteiger partial charge >= 0.3 is 5.97 Å². The molecule has 80 valence electrons. The maximum atomic E-state index is 11.5. The SMILES string of the molecule is COC(=O)C(C)(C)n1cc(I)c(C#N)n1. The number of nitriles is 1. The number of carbonyl (C=O) groups is 1. The molecule has 0 spiro atoms. The summed E-state index contributed by atoms with van der Waals surface area (Å²) in [6.07, 6.45) is 1.65. The third-order valence-electron chi connectivity index (χ3n) is 2.03. The zero-order valence-corrected chi connectivity index (χ0v) is 10.8. The Labute approximate surface area is 101 Å². The molecule has 0 aromatic carbocycles. The second kappa shape index (κ2) is 4.18. The normalized spacial score (nSPS) is 10.9. The molecule has 0 aliphatic heterocycles. The predicted molar refractivity (Wildman–Crippen MR) is 61.0 cm³/mol. The van der Waals surface area contributed by atoms with Gasteiger partial charge in [-0.25, -0.2) is 4.79 Å². The Bertz CT molecular complexity index is 431. The minimum absolute atomic E-state index is 0.313. The molecule has 15 heavy (non-hydrogen) atoms. The maximum Gasteiger partial charge on any atom is 0.333 e. The van der Waals surface area contributed by atoms with E-state index in [9.17, 15) is 4.79 Å². The van der Waals surface area contributed by atoms with Crippen molar-refractivity contribution in [1.29, 1.82) is 5.26 Å². The number of carbonyl (C=O) groups excluding carboxylic acids is 1. The van der Waals surface area contributed by atoms with Gasteiger partial charge in [0, 0.05) is 6.20 Å². The van der Waals surface area contributed by atoms with Crippen LogP contribution in [0.5, 0.6) is 0 Å². The van der Waals surface area contributed by atoms with Gasteiger partial charge in [0.1, 0.15) is 6.07 Å². The van der Waals surface area contributed by atoms with E-state index in [1.54, 1.807) is 20.0 Å². The molecule has 6 heteroatoms. The van der Waals surface area contributed by atoms with Gasteiger partial charge in [0.15, 0.2) is 11.2 Å². The van der Waals surface area contributed by atoms with Crippen molar-refractivity contribution in [3.8, 4) is 6.07 Å². The summed E-state index contributed by atoms with van der Waals surface area (Å²) < 4.78 is 6.83.